The first-order chi connectivity index (χ1) is 7.26. The predicted octanol–water partition coefficient (Wildman–Crippen LogP) is 0.962. The van der Waals surface area contributed by atoms with Gasteiger partial charge >= 0.3 is 0 Å². The van der Waals surface area contributed by atoms with Crippen LogP contribution in [0.4, 0.5) is 5.82 Å². The van der Waals surface area contributed by atoms with Crippen LogP contribution in [-0.2, 0) is 11.3 Å². The summed E-state index contributed by atoms with van der Waals surface area (Å²) in [6, 6.07) is 0. The first-order valence-electron chi connectivity index (χ1n) is 5.59. The quantitative estimate of drug-likeness (QED) is 0.786. The summed E-state index contributed by atoms with van der Waals surface area (Å²) in [4.78, 5) is 0. The summed E-state index contributed by atoms with van der Waals surface area (Å²) in [5.74, 6) is 0.478. The van der Waals surface area contributed by atoms with E-state index in [4.69, 9.17) is 10.5 Å². The Bertz CT molecular complexity index is 358. The molecule has 0 amide bonds. The number of anilines is 1. The van der Waals surface area contributed by atoms with Gasteiger partial charge in [0.05, 0.1) is 24.4 Å². The van der Waals surface area contributed by atoms with Crippen LogP contribution in [-0.4, -0.2) is 26.7 Å². The summed E-state index contributed by atoms with van der Waals surface area (Å²) in [6.07, 6.45) is 8.21. The van der Waals surface area contributed by atoms with Crippen molar-refractivity contribution < 1.29 is 4.74 Å². The van der Waals surface area contributed by atoms with Crippen LogP contribution in [0.5, 0.6) is 0 Å². The summed E-state index contributed by atoms with van der Waals surface area (Å²) in [5.41, 5.74) is 5.74. The van der Waals surface area contributed by atoms with Crippen molar-refractivity contribution >= 4 is 5.82 Å². The minimum Gasteiger partial charge on any atom is -0.381 e. The number of hydrogen-bond acceptors (Lipinski definition) is 4. The minimum absolute atomic E-state index is 0.233. The highest BCUT2D eigenvalue weighted by atomic mass is 16.5. The topological polar surface area (TPSA) is 66.0 Å². The number of aromatic nitrogens is 3. The molecule has 1 saturated heterocycles. The number of nitrogen functional groups attached to an aromatic ring is 1. The van der Waals surface area contributed by atoms with Gasteiger partial charge < -0.3 is 10.5 Å². The van der Waals surface area contributed by atoms with Crippen LogP contribution in [0.25, 0.3) is 0 Å². The second-order valence-corrected chi connectivity index (χ2v) is 4.68. The molecule has 3 rings (SSSR count). The number of hydrogen-bond donors (Lipinski definition) is 1. The molecule has 5 heteroatoms. The summed E-state index contributed by atoms with van der Waals surface area (Å²) in [5, 5.41) is 7.70. The second-order valence-electron chi connectivity index (χ2n) is 4.68. The molecule has 1 atom stereocenters. The van der Waals surface area contributed by atoms with Crippen molar-refractivity contribution in [1.29, 1.82) is 0 Å². The third-order valence-corrected chi connectivity index (χ3v) is 3.55. The van der Waals surface area contributed by atoms with Crippen molar-refractivity contribution in [3.63, 3.8) is 0 Å². The lowest BCUT2D eigenvalue weighted by molar-refractivity contribution is -0.0953. The van der Waals surface area contributed by atoms with Crippen molar-refractivity contribution in [3.05, 3.63) is 6.20 Å². The minimum atomic E-state index is 0.233. The van der Waals surface area contributed by atoms with Crippen LogP contribution in [0, 0.1) is 0 Å². The van der Waals surface area contributed by atoms with Gasteiger partial charge in [-0.05, 0) is 32.1 Å². The molecular formula is C10H16N4O. The molecule has 1 unspecified atom stereocenters. The summed E-state index contributed by atoms with van der Waals surface area (Å²) < 4.78 is 7.84. The number of ether oxygens (including phenoxy) is 1. The Morgan fingerprint density at radius 3 is 2.93 bits per heavy atom. The van der Waals surface area contributed by atoms with E-state index in [-0.39, 0.29) is 5.60 Å². The van der Waals surface area contributed by atoms with E-state index in [9.17, 15) is 0 Å². The fourth-order valence-electron chi connectivity index (χ4n) is 2.57. The molecule has 2 fully saturated rings. The fraction of sp³-hybridized carbons (Fsp3) is 0.800. The summed E-state index contributed by atoms with van der Waals surface area (Å²) >= 11 is 0. The Morgan fingerprint density at radius 2 is 2.40 bits per heavy atom. The zero-order valence-corrected chi connectivity index (χ0v) is 8.72. The molecular weight excluding hydrogens is 192 g/mol. The first kappa shape index (κ1) is 9.15. The third-order valence-electron chi connectivity index (χ3n) is 3.55. The molecule has 1 saturated carbocycles. The molecule has 2 heterocycles. The van der Waals surface area contributed by atoms with Gasteiger partial charge in [0, 0.05) is 0 Å². The van der Waals surface area contributed by atoms with E-state index in [1.165, 1.54) is 25.7 Å². The van der Waals surface area contributed by atoms with Crippen molar-refractivity contribution in [3.8, 4) is 0 Å². The van der Waals surface area contributed by atoms with Gasteiger partial charge in [-0.15, -0.1) is 5.10 Å². The largest absolute Gasteiger partial charge is 0.381 e. The van der Waals surface area contributed by atoms with Crippen LogP contribution in [0.3, 0.4) is 0 Å². The molecule has 2 N–H and O–H groups in total. The maximum Gasteiger partial charge on any atom is 0.165 e. The van der Waals surface area contributed by atoms with Gasteiger partial charge in [-0.2, -0.15) is 0 Å². The predicted molar refractivity (Wildman–Crippen MR) is 55.1 cm³/mol. The maximum absolute atomic E-state index is 6.07. The molecule has 0 aromatic carbocycles. The molecule has 5 nitrogen and oxygen atoms in total. The lowest BCUT2D eigenvalue weighted by Crippen LogP contribution is -2.37. The molecule has 1 aromatic heterocycles. The normalized spacial score (nSPS) is 28.1. The van der Waals surface area contributed by atoms with Gasteiger partial charge in [0.2, 0.25) is 0 Å². The van der Waals surface area contributed by atoms with Gasteiger partial charge in [0.25, 0.3) is 0 Å². The van der Waals surface area contributed by atoms with Crippen LogP contribution < -0.4 is 5.73 Å². The zero-order valence-electron chi connectivity index (χ0n) is 8.72. The lowest BCUT2D eigenvalue weighted by Gasteiger charge is -2.37. The lowest BCUT2D eigenvalue weighted by atomic mass is 9.78. The Labute approximate surface area is 88.6 Å². The van der Waals surface area contributed by atoms with E-state index in [2.05, 4.69) is 10.3 Å². The Kier molecular flexibility index (Phi) is 1.95. The molecule has 2 aliphatic rings. The highest BCUT2D eigenvalue weighted by Crippen LogP contribution is 2.45. The van der Waals surface area contributed by atoms with Gasteiger partial charge in [-0.25, -0.2) is 4.68 Å². The van der Waals surface area contributed by atoms with Crippen LogP contribution in [0.2, 0.25) is 0 Å². The fourth-order valence-corrected chi connectivity index (χ4v) is 2.57. The van der Waals surface area contributed by atoms with Crippen molar-refractivity contribution in [2.45, 2.75) is 50.4 Å². The molecule has 82 valence electrons. The van der Waals surface area contributed by atoms with Crippen LogP contribution >= 0.6 is 0 Å². The van der Waals surface area contributed by atoms with Crippen LogP contribution in [0.15, 0.2) is 6.20 Å². The molecule has 1 aliphatic carbocycles. The molecule has 0 radical (unpaired) electrons. The summed E-state index contributed by atoms with van der Waals surface area (Å²) in [6.45, 7) is 0.784. The highest BCUT2D eigenvalue weighted by molar-refractivity contribution is 5.19. The maximum atomic E-state index is 6.07. The smallest absolute Gasteiger partial charge is 0.165 e. The van der Waals surface area contributed by atoms with Crippen LogP contribution in [0.1, 0.15) is 32.1 Å². The van der Waals surface area contributed by atoms with Crippen molar-refractivity contribution in [1.82, 2.24) is 15.0 Å². The highest BCUT2D eigenvalue weighted by Gasteiger charge is 2.44. The summed E-state index contributed by atoms with van der Waals surface area (Å²) in [7, 11) is 0. The van der Waals surface area contributed by atoms with E-state index in [1.807, 2.05) is 0 Å². The monoisotopic (exact) mass is 208 g/mol. The van der Waals surface area contributed by atoms with Crippen molar-refractivity contribution in [2.24, 2.45) is 0 Å². The number of nitrogens with two attached hydrogens (primary N) is 1. The van der Waals surface area contributed by atoms with Gasteiger partial charge in [0.1, 0.15) is 0 Å². The van der Waals surface area contributed by atoms with Gasteiger partial charge in [-0.3, -0.25) is 0 Å². The molecule has 1 spiro atoms. The zero-order chi connectivity index (χ0) is 10.3. The molecule has 1 aliphatic heterocycles. The van der Waals surface area contributed by atoms with E-state index >= 15 is 0 Å². The Balaban J connectivity index is 1.61. The Hall–Kier alpha value is -1.10. The number of nitrogens with zero attached hydrogens (tertiary/aromatic N) is 3. The van der Waals surface area contributed by atoms with Crippen molar-refractivity contribution in [2.75, 3.05) is 5.73 Å². The Morgan fingerprint density at radius 1 is 1.53 bits per heavy atom. The van der Waals surface area contributed by atoms with Gasteiger partial charge in [0.15, 0.2) is 5.82 Å². The van der Waals surface area contributed by atoms with E-state index in [0.717, 1.165) is 13.0 Å². The molecule has 15 heavy (non-hydrogen) atoms. The van der Waals surface area contributed by atoms with E-state index in [0.29, 0.717) is 11.9 Å². The molecule has 1 aromatic rings. The SMILES string of the molecule is Nc1cn(CC2CCC3(CCC3)O2)nn1. The first-order valence-corrected chi connectivity index (χ1v) is 5.59. The average molecular weight is 208 g/mol. The van der Waals surface area contributed by atoms with Gasteiger partial charge in [-0.1, -0.05) is 5.21 Å². The second kappa shape index (κ2) is 3.20. The number of rotatable bonds is 2. The standard InChI is InChI=1S/C10H16N4O/c11-9-7-14(13-12-9)6-8-2-5-10(15-8)3-1-4-10/h7-8H,1-6,11H2. The average Bonchev–Trinajstić information content (AvgIpc) is 2.72. The van der Waals surface area contributed by atoms with E-state index < -0.39 is 0 Å². The van der Waals surface area contributed by atoms with E-state index in [1.54, 1.807) is 10.9 Å². The molecule has 0 bridgehead atoms. The third kappa shape index (κ3) is 1.61.